The van der Waals surface area contributed by atoms with Crippen molar-refractivity contribution in [3.05, 3.63) is 41.6 Å². The van der Waals surface area contributed by atoms with Crippen LogP contribution in [0.2, 0.25) is 0 Å². The highest BCUT2D eigenvalue weighted by molar-refractivity contribution is 5.99. The molecule has 0 unspecified atom stereocenters. The number of rotatable bonds is 6. The molecule has 1 rings (SSSR count). The second-order valence-electron chi connectivity index (χ2n) is 4.00. The maximum absolute atomic E-state index is 11.7. The maximum Gasteiger partial charge on any atom is 0.354 e. The van der Waals surface area contributed by atoms with E-state index in [2.05, 4.69) is 14.8 Å². The highest BCUT2D eigenvalue weighted by atomic mass is 16.5. The van der Waals surface area contributed by atoms with E-state index in [0.29, 0.717) is 11.3 Å². The predicted octanol–water partition coefficient (Wildman–Crippen LogP) is 1.51. The Labute approximate surface area is 127 Å². The quantitative estimate of drug-likeness (QED) is 0.484. The molecule has 7 heteroatoms. The third kappa shape index (κ3) is 4.93. The van der Waals surface area contributed by atoms with Crippen molar-refractivity contribution in [1.29, 1.82) is 0 Å². The molecule has 1 aromatic carbocycles. The fourth-order valence-corrected chi connectivity index (χ4v) is 1.53. The van der Waals surface area contributed by atoms with E-state index in [4.69, 9.17) is 4.74 Å². The van der Waals surface area contributed by atoms with Crippen LogP contribution in [0.1, 0.15) is 17.3 Å². The molecular weight excluding hydrogens is 290 g/mol. The number of hydrogen-bond acceptors (Lipinski definition) is 7. The first kappa shape index (κ1) is 17.2. The highest BCUT2D eigenvalue weighted by Crippen LogP contribution is 2.14. The van der Waals surface area contributed by atoms with Crippen molar-refractivity contribution >= 4 is 23.6 Å². The topological polar surface area (TPSA) is 90.9 Å². The Bertz CT molecular complexity index is 593. The smallest absolute Gasteiger partial charge is 0.354 e. The van der Waals surface area contributed by atoms with E-state index in [1.807, 2.05) is 0 Å². The summed E-state index contributed by atoms with van der Waals surface area (Å²) >= 11 is 0. The van der Waals surface area contributed by atoms with Crippen LogP contribution in [0.5, 0.6) is 0 Å². The summed E-state index contributed by atoms with van der Waals surface area (Å²) in [5, 5.41) is 2.71. The van der Waals surface area contributed by atoms with E-state index < -0.39 is 17.9 Å². The summed E-state index contributed by atoms with van der Waals surface area (Å²) in [6.45, 7) is 1.96. The average molecular weight is 307 g/mol. The normalized spacial score (nSPS) is 10.6. The molecule has 0 heterocycles. The molecule has 0 aliphatic heterocycles. The average Bonchev–Trinajstić information content (AvgIpc) is 2.53. The summed E-state index contributed by atoms with van der Waals surface area (Å²) in [6, 6.07) is 6.30. The summed E-state index contributed by atoms with van der Waals surface area (Å²) in [6.07, 6.45) is 0.961. The SMILES string of the molecule is CCOC(=O)c1cccc(N/C(=C/C(=O)OC)C(=O)OC)c1. The van der Waals surface area contributed by atoms with Crippen LogP contribution < -0.4 is 5.32 Å². The molecule has 0 fully saturated rings. The molecule has 7 nitrogen and oxygen atoms in total. The fraction of sp³-hybridized carbons (Fsp3) is 0.267. The van der Waals surface area contributed by atoms with Gasteiger partial charge in [-0.3, -0.25) is 0 Å². The van der Waals surface area contributed by atoms with Gasteiger partial charge in [0, 0.05) is 5.69 Å². The van der Waals surface area contributed by atoms with Gasteiger partial charge in [0.05, 0.1) is 32.5 Å². The summed E-state index contributed by atoms with van der Waals surface area (Å²) in [4.78, 5) is 34.6. The minimum Gasteiger partial charge on any atom is -0.466 e. The van der Waals surface area contributed by atoms with Crippen molar-refractivity contribution in [2.75, 3.05) is 26.1 Å². The van der Waals surface area contributed by atoms with Crippen molar-refractivity contribution in [3.63, 3.8) is 0 Å². The van der Waals surface area contributed by atoms with Crippen LogP contribution in [0.25, 0.3) is 0 Å². The molecule has 1 N–H and O–H groups in total. The van der Waals surface area contributed by atoms with Crippen LogP contribution in [0.4, 0.5) is 5.69 Å². The second-order valence-corrected chi connectivity index (χ2v) is 4.00. The maximum atomic E-state index is 11.7. The van der Waals surface area contributed by atoms with Gasteiger partial charge < -0.3 is 19.5 Å². The number of benzene rings is 1. The zero-order valence-corrected chi connectivity index (χ0v) is 12.5. The molecule has 0 bridgehead atoms. The third-order valence-electron chi connectivity index (χ3n) is 2.52. The van der Waals surface area contributed by atoms with Crippen molar-refractivity contribution in [3.8, 4) is 0 Å². The lowest BCUT2D eigenvalue weighted by Crippen LogP contribution is -2.15. The van der Waals surface area contributed by atoms with Gasteiger partial charge in [0.1, 0.15) is 5.70 Å². The van der Waals surface area contributed by atoms with Gasteiger partial charge in [0.2, 0.25) is 0 Å². The molecule has 1 aromatic rings. The molecule has 0 atom stereocenters. The van der Waals surface area contributed by atoms with Crippen molar-refractivity contribution in [2.24, 2.45) is 0 Å². The standard InChI is InChI=1S/C15H17NO6/c1-4-22-14(18)10-6-5-7-11(8-10)16-12(15(19)21-3)9-13(17)20-2/h5-9,16H,4H2,1-3H3/b12-9+. The number of esters is 3. The van der Waals surface area contributed by atoms with Crippen LogP contribution in [0, 0.1) is 0 Å². The largest absolute Gasteiger partial charge is 0.466 e. The van der Waals surface area contributed by atoms with Crippen molar-refractivity contribution in [1.82, 2.24) is 0 Å². The van der Waals surface area contributed by atoms with Crippen LogP contribution in [-0.2, 0) is 23.8 Å². The van der Waals surface area contributed by atoms with Crippen LogP contribution in [-0.4, -0.2) is 38.7 Å². The molecule has 0 amide bonds. The van der Waals surface area contributed by atoms with Gasteiger partial charge in [-0.05, 0) is 25.1 Å². The van der Waals surface area contributed by atoms with Crippen molar-refractivity contribution in [2.45, 2.75) is 6.92 Å². The van der Waals surface area contributed by atoms with Gasteiger partial charge in [-0.2, -0.15) is 0 Å². The zero-order chi connectivity index (χ0) is 16.5. The Balaban J connectivity index is 3.01. The molecule has 0 aliphatic carbocycles. The first-order chi connectivity index (χ1) is 10.5. The summed E-state index contributed by atoms with van der Waals surface area (Å²) < 4.78 is 13.9. The molecule has 0 spiro atoms. The molecule has 118 valence electrons. The van der Waals surface area contributed by atoms with Crippen LogP contribution >= 0.6 is 0 Å². The fourth-order valence-electron chi connectivity index (χ4n) is 1.53. The lowest BCUT2D eigenvalue weighted by atomic mass is 10.2. The number of ether oxygens (including phenoxy) is 3. The molecule has 0 saturated heterocycles. The molecule has 22 heavy (non-hydrogen) atoms. The number of carbonyl (C=O) groups is 3. The molecule has 0 radical (unpaired) electrons. The van der Waals surface area contributed by atoms with Crippen LogP contribution in [0.15, 0.2) is 36.0 Å². The van der Waals surface area contributed by atoms with Gasteiger partial charge in [-0.15, -0.1) is 0 Å². The van der Waals surface area contributed by atoms with Gasteiger partial charge >= 0.3 is 17.9 Å². The first-order valence-corrected chi connectivity index (χ1v) is 6.44. The first-order valence-electron chi connectivity index (χ1n) is 6.44. The number of hydrogen-bond donors (Lipinski definition) is 1. The summed E-state index contributed by atoms with van der Waals surface area (Å²) in [5.74, 6) is -1.94. The number of methoxy groups -OCH3 is 2. The van der Waals surface area contributed by atoms with Gasteiger partial charge in [0.15, 0.2) is 0 Å². The van der Waals surface area contributed by atoms with E-state index in [9.17, 15) is 14.4 Å². The number of nitrogens with one attached hydrogen (secondary N) is 1. The summed E-state index contributed by atoms with van der Waals surface area (Å²) in [5.41, 5.74) is 0.621. The Morgan fingerprint density at radius 3 is 2.50 bits per heavy atom. The minimum atomic E-state index is -0.744. The zero-order valence-electron chi connectivity index (χ0n) is 12.5. The lowest BCUT2D eigenvalue weighted by molar-refractivity contribution is -0.138. The lowest BCUT2D eigenvalue weighted by Gasteiger charge is -2.10. The molecule has 0 aromatic heterocycles. The molecule has 0 saturated carbocycles. The Morgan fingerprint density at radius 1 is 1.18 bits per heavy atom. The van der Waals surface area contributed by atoms with E-state index in [1.54, 1.807) is 25.1 Å². The predicted molar refractivity (Wildman–Crippen MR) is 78.1 cm³/mol. The Morgan fingerprint density at radius 2 is 1.91 bits per heavy atom. The minimum absolute atomic E-state index is 0.115. The molecular formula is C15H17NO6. The van der Waals surface area contributed by atoms with Crippen LogP contribution in [0.3, 0.4) is 0 Å². The Hall–Kier alpha value is -2.83. The Kier molecular flexibility index (Phi) is 6.62. The third-order valence-corrected chi connectivity index (χ3v) is 2.52. The van der Waals surface area contributed by atoms with Gasteiger partial charge in [-0.1, -0.05) is 6.07 Å². The van der Waals surface area contributed by atoms with Crippen molar-refractivity contribution < 1.29 is 28.6 Å². The summed E-state index contributed by atoms with van der Waals surface area (Å²) in [7, 11) is 2.37. The second kappa shape index (κ2) is 8.46. The number of carbonyl (C=O) groups excluding carboxylic acids is 3. The van der Waals surface area contributed by atoms with E-state index in [-0.39, 0.29) is 12.3 Å². The van der Waals surface area contributed by atoms with E-state index in [1.165, 1.54) is 20.3 Å². The number of anilines is 1. The molecule has 0 aliphatic rings. The van der Waals surface area contributed by atoms with Gasteiger partial charge in [-0.25, -0.2) is 14.4 Å². The van der Waals surface area contributed by atoms with Gasteiger partial charge in [0.25, 0.3) is 0 Å². The highest BCUT2D eigenvalue weighted by Gasteiger charge is 2.14. The van der Waals surface area contributed by atoms with E-state index in [0.717, 1.165) is 6.08 Å². The van der Waals surface area contributed by atoms with E-state index >= 15 is 0 Å². The monoisotopic (exact) mass is 307 g/mol.